The van der Waals surface area contributed by atoms with Crippen molar-refractivity contribution in [3.63, 3.8) is 0 Å². The van der Waals surface area contributed by atoms with Crippen LogP contribution in [-0.4, -0.2) is 74.0 Å². The van der Waals surface area contributed by atoms with Crippen LogP contribution in [0.3, 0.4) is 0 Å². The van der Waals surface area contributed by atoms with Gasteiger partial charge >= 0.3 is 6.03 Å². The minimum absolute atomic E-state index is 0.0370. The lowest BCUT2D eigenvalue weighted by atomic mass is 9.96. The number of amides is 2. The fourth-order valence-corrected chi connectivity index (χ4v) is 5.06. The highest BCUT2D eigenvalue weighted by Crippen LogP contribution is 2.34. The number of ether oxygens (including phenoxy) is 1. The zero-order valence-corrected chi connectivity index (χ0v) is 20.0. The number of urea groups is 1. The van der Waals surface area contributed by atoms with Crippen LogP contribution in [0.1, 0.15) is 23.9 Å². The minimum atomic E-state index is -0.644. The second-order valence-corrected chi connectivity index (χ2v) is 9.21. The monoisotopic (exact) mass is 490 g/mol. The molecule has 2 aliphatic heterocycles. The second-order valence-electron chi connectivity index (χ2n) is 9.21. The Balaban J connectivity index is 1.28. The first kappa shape index (κ1) is 22.5. The van der Waals surface area contributed by atoms with Gasteiger partial charge in [-0.2, -0.15) is 5.10 Å². The first-order valence-corrected chi connectivity index (χ1v) is 12.2. The molecule has 0 aliphatic carbocycles. The molecule has 9 nitrogen and oxygen atoms in total. The number of phenols is 1. The molecule has 4 aromatic rings. The summed E-state index contributed by atoms with van der Waals surface area (Å²) in [7, 11) is 0. The number of aryl methyl sites for hydroxylation is 1. The third-order valence-corrected chi connectivity index (χ3v) is 7.04. The van der Waals surface area contributed by atoms with E-state index < -0.39 is 5.82 Å². The highest BCUT2D eigenvalue weighted by Gasteiger charge is 2.28. The van der Waals surface area contributed by atoms with Crippen molar-refractivity contribution in [2.24, 2.45) is 0 Å². The van der Waals surface area contributed by atoms with Crippen molar-refractivity contribution >= 4 is 16.9 Å². The van der Waals surface area contributed by atoms with E-state index in [4.69, 9.17) is 9.72 Å². The number of halogens is 1. The summed E-state index contributed by atoms with van der Waals surface area (Å²) in [6.45, 7) is 5.47. The molecule has 2 amide bonds. The van der Waals surface area contributed by atoms with Gasteiger partial charge in [0.2, 0.25) is 0 Å². The number of fused-ring (bicyclic) bond motifs is 2. The minimum Gasteiger partial charge on any atom is -0.505 e. The summed E-state index contributed by atoms with van der Waals surface area (Å²) in [6.07, 6.45) is 1.35. The summed E-state index contributed by atoms with van der Waals surface area (Å²) >= 11 is 0. The number of carbonyl (C=O) groups excluding carboxylic acids is 1. The number of aromatic nitrogens is 4. The predicted octanol–water partition coefficient (Wildman–Crippen LogP) is 3.84. The molecule has 0 spiro atoms. The van der Waals surface area contributed by atoms with E-state index in [1.165, 1.54) is 12.1 Å². The first-order valence-electron chi connectivity index (χ1n) is 12.2. The summed E-state index contributed by atoms with van der Waals surface area (Å²) < 4.78 is 19.5. The number of aromatic amines is 2. The summed E-state index contributed by atoms with van der Waals surface area (Å²) in [4.78, 5) is 24.8. The van der Waals surface area contributed by atoms with Gasteiger partial charge in [0.15, 0.2) is 17.4 Å². The Bertz CT molecular complexity index is 1460. The Morgan fingerprint density at radius 2 is 2.00 bits per heavy atom. The quantitative estimate of drug-likeness (QED) is 0.404. The molecular formula is C26H27FN6O3. The molecule has 2 aromatic heterocycles. The average molecular weight is 491 g/mol. The van der Waals surface area contributed by atoms with Gasteiger partial charge < -0.3 is 24.6 Å². The Kier molecular flexibility index (Phi) is 5.60. The van der Waals surface area contributed by atoms with Gasteiger partial charge in [-0.25, -0.2) is 14.2 Å². The molecule has 0 atom stereocenters. The van der Waals surface area contributed by atoms with E-state index in [1.807, 2.05) is 34.9 Å². The highest BCUT2D eigenvalue weighted by molar-refractivity contribution is 5.94. The van der Waals surface area contributed by atoms with Crippen molar-refractivity contribution in [2.45, 2.75) is 26.3 Å². The van der Waals surface area contributed by atoms with Crippen LogP contribution in [0.5, 0.6) is 5.75 Å². The second kappa shape index (κ2) is 8.94. The maximum absolute atomic E-state index is 14.1. The van der Waals surface area contributed by atoms with Gasteiger partial charge in [-0.05, 0) is 47.4 Å². The van der Waals surface area contributed by atoms with E-state index in [0.29, 0.717) is 63.8 Å². The molecule has 0 radical (unpaired) electrons. The van der Waals surface area contributed by atoms with Crippen molar-refractivity contribution in [2.75, 3.05) is 32.8 Å². The SMILES string of the molecule is CCc1cc(O)c(F)cc1-c1ccc2c(-c3nc4c([nH]3)CN(C(=O)N3CCOCC3)CC4)n[nH]c2c1. The molecule has 3 N–H and O–H groups in total. The molecule has 1 fully saturated rings. The molecule has 10 heteroatoms. The number of nitrogens with zero attached hydrogens (tertiary/aromatic N) is 4. The first-order chi connectivity index (χ1) is 17.5. The van der Waals surface area contributed by atoms with Crippen LogP contribution < -0.4 is 0 Å². The predicted molar refractivity (Wildman–Crippen MR) is 132 cm³/mol. The van der Waals surface area contributed by atoms with Gasteiger partial charge in [-0.1, -0.05) is 13.0 Å². The molecule has 2 aliphatic rings. The number of benzene rings is 2. The summed E-state index contributed by atoms with van der Waals surface area (Å²) in [5.74, 6) is -0.327. The van der Waals surface area contributed by atoms with Gasteiger partial charge in [0, 0.05) is 31.4 Å². The van der Waals surface area contributed by atoms with Crippen LogP contribution >= 0.6 is 0 Å². The lowest BCUT2D eigenvalue weighted by Crippen LogP contribution is -2.49. The molecule has 0 saturated carbocycles. The largest absolute Gasteiger partial charge is 0.505 e. The van der Waals surface area contributed by atoms with E-state index in [9.17, 15) is 14.3 Å². The standard InChI is InChI=1S/C26H27FN6O3/c1-2-15-12-23(34)19(27)13-18(15)16-3-4-17-21(11-16)30-31-24(17)25-28-20-5-6-33(14-22(20)29-25)26(35)32-7-9-36-10-8-32/h3-4,11-13,34H,2,5-10,14H2,1H3,(H,28,29)(H,30,31). The van der Waals surface area contributed by atoms with E-state index >= 15 is 0 Å². The molecule has 36 heavy (non-hydrogen) atoms. The zero-order chi connectivity index (χ0) is 24.8. The Labute approximate surface area is 206 Å². The van der Waals surface area contributed by atoms with Crippen LogP contribution in [-0.2, 0) is 24.1 Å². The number of imidazole rings is 1. The fraction of sp³-hybridized carbons (Fsp3) is 0.346. The normalized spacial score (nSPS) is 15.9. The van der Waals surface area contributed by atoms with Crippen molar-refractivity contribution in [3.05, 3.63) is 53.1 Å². The van der Waals surface area contributed by atoms with E-state index in [-0.39, 0.29) is 11.8 Å². The molecular weight excluding hydrogens is 463 g/mol. The number of hydrogen-bond donors (Lipinski definition) is 3. The van der Waals surface area contributed by atoms with E-state index in [1.54, 1.807) is 0 Å². The van der Waals surface area contributed by atoms with Crippen LogP contribution in [0.15, 0.2) is 30.3 Å². The van der Waals surface area contributed by atoms with Gasteiger partial charge in [-0.15, -0.1) is 0 Å². The van der Waals surface area contributed by atoms with Gasteiger partial charge in [0.25, 0.3) is 0 Å². The molecule has 6 rings (SSSR count). The Morgan fingerprint density at radius 1 is 1.17 bits per heavy atom. The lowest BCUT2D eigenvalue weighted by Gasteiger charge is -2.34. The van der Waals surface area contributed by atoms with Crippen LogP contribution in [0.4, 0.5) is 9.18 Å². The number of hydrogen-bond acceptors (Lipinski definition) is 5. The molecule has 0 bridgehead atoms. The van der Waals surface area contributed by atoms with Crippen molar-refractivity contribution in [1.82, 2.24) is 30.0 Å². The number of morpholine rings is 1. The van der Waals surface area contributed by atoms with E-state index in [2.05, 4.69) is 15.2 Å². The lowest BCUT2D eigenvalue weighted by molar-refractivity contribution is 0.0420. The maximum Gasteiger partial charge on any atom is 0.320 e. The van der Waals surface area contributed by atoms with E-state index in [0.717, 1.165) is 39.0 Å². The third-order valence-electron chi connectivity index (χ3n) is 7.04. The van der Waals surface area contributed by atoms with Crippen molar-refractivity contribution in [1.29, 1.82) is 0 Å². The molecule has 2 aromatic carbocycles. The van der Waals surface area contributed by atoms with Crippen molar-refractivity contribution < 1.29 is 19.0 Å². The maximum atomic E-state index is 14.1. The molecule has 186 valence electrons. The zero-order valence-electron chi connectivity index (χ0n) is 20.0. The van der Waals surface area contributed by atoms with Gasteiger partial charge in [-0.3, -0.25) is 5.10 Å². The summed E-state index contributed by atoms with van der Waals surface area (Å²) in [5, 5.41) is 18.2. The van der Waals surface area contributed by atoms with Crippen LogP contribution in [0.2, 0.25) is 0 Å². The van der Waals surface area contributed by atoms with Crippen molar-refractivity contribution in [3.8, 4) is 28.4 Å². The third kappa shape index (κ3) is 3.87. The molecule has 4 heterocycles. The topological polar surface area (TPSA) is 110 Å². The number of rotatable bonds is 3. The fourth-order valence-electron chi connectivity index (χ4n) is 5.06. The highest BCUT2D eigenvalue weighted by atomic mass is 19.1. The number of nitrogens with one attached hydrogen (secondary N) is 2. The molecule has 0 unspecified atom stereocenters. The number of phenolic OH excluding ortho intramolecular Hbond substituents is 1. The number of aromatic hydroxyl groups is 1. The number of H-pyrrole nitrogens is 2. The smallest absolute Gasteiger partial charge is 0.320 e. The summed E-state index contributed by atoms with van der Waals surface area (Å²) in [6, 6.07) is 8.70. The average Bonchev–Trinajstić information content (AvgIpc) is 3.53. The Hall–Kier alpha value is -3.92. The van der Waals surface area contributed by atoms with Gasteiger partial charge in [0.05, 0.1) is 36.7 Å². The summed E-state index contributed by atoms with van der Waals surface area (Å²) in [5.41, 5.74) is 5.83. The number of carbonyl (C=O) groups is 1. The molecule has 1 saturated heterocycles. The Morgan fingerprint density at radius 3 is 2.81 bits per heavy atom. The van der Waals surface area contributed by atoms with Crippen LogP contribution in [0, 0.1) is 5.82 Å². The van der Waals surface area contributed by atoms with Crippen LogP contribution in [0.25, 0.3) is 33.5 Å². The van der Waals surface area contributed by atoms with Gasteiger partial charge in [0.1, 0.15) is 5.69 Å².